The smallest absolute Gasteiger partial charge is 0.291 e. The molecule has 0 spiro atoms. The molecule has 19 heavy (non-hydrogen) atoms. The van der Waals surface area contributed by atoms with Gasteiger partial charge in [-0.2, -0.15) is 0 Å². The summed E-state index contributed by atoms with van der Waals surface area (Å²) in [6.45, 7) is 0.714. The number of benzene rings is 1. The predicted octanol–water partition coefficient (Wildman–Crippen LogP) is 1.84. The van der Waals surface area contributed by atoms with Gasteiger partial charge in [0, 0.05) is 12.1 Å². The van der Waals surface area contributed by atoms with Crippen molar-refractivity contribution in [2.24, 2.45) is 10.9 Å². The molecule has 1 fully saturated rings. The van der Waals surface area contributed by atoms with Crippen molar-refractivity contribution < 1.29 is 14.3 Å². The van der Waals surface area contributed by atoms with Gasteiger partial charge in [0.15, 0.2) is 0 Å². The highest BCUT2D eigenvalue weighted by Gasteiger charge is 2.21. The zero-order valence-electron chi connectivity index (χ0n) is 11.2. The lowest BCUT2D eigenvalue weighted by atomic mass is 10.2. The second-order valence-corrected chi connectivity index (χ2v) is 4.48. The molecular weight excluding hydrogens is 244 g/mol. The van der Waals surface area contributed by atoms with Gasteiger partial charge < -0.3 is 9.47 Å². The molecule has 0 atom stereocenters. The molecule has 0 saturated heterocycles. The van der Waals surface area contributed by atoms with Gasteiger partial charge >= 0.3 is 0 Å². The largest absolute Gasteiger partial charge is 0.497 e. The molecule has 0 aliphatic heterocycles. The molecule has 1 saturated carbocycles. The zero-order chi connectivity index (χ0) is 13.7. The molecule has 1 aliphatic carbocycles. The van der Waals surface area contributed by atoms with Crippen LogP contribution in [0.15, 0.2) is 29.3 Å². The second-order valence-electron chi connectivity index (χ2n) is 4.48. The van der Waals surface area contributed by atoms with Crippen molar-refractivity contribution in [2.45, 2.75) is 12.8 Å². The molecule has 2 rings (SSSR count). The minimum absolute atomic E-state index is 0.237. The van der Waals surface area contributed by atoms with Crippen LogP contribution in [0.2, 0.25) is 0 Å². The first-order valence-corrected chi connectivity index (χ1v) is 6.26. The third-order valence-electron chi connectivity index (χ3n) is 2.96. The number of rotatable bonds is 4. The van der Waals surface area contributed by atoms with Gasteiger partial charge in [-0.1, -0.05) is 0 Å². The molecule has 0 aromatic heterocycles. The number of hydrogen-bond acceptors (Lipinski definition) is 4. The third-order valence-corrected chi connectivity index (χ3v) is 2.96. The van der Waals surface area contributed by atoms with E-state index in [1.807, 2.05) is 0 Å². The van der Waals surface area contributed by atoms with Crippen LogP contribution < -0.4 is 10.1 Å². The maximum atomic E-state index is 12.0. The number of hydrogen-bond donors (Lipinski definition) is 1. The molecule has 0 radical (unpaired) electrons. The van der Waals surface area contributed by atoms with Gasteiger partial charge in [-0.25, -0.2) is 4.99 Å². The molecule has 1 N–H and O–H groups in total. The monoisotopic (exact) mass is 262 g/mol. The molecule has 5 nitrogen and oxygen atoms in total. The summed E-state index contributed by atoms with van der Waals surface area (Å²) in [4.78, 5) is 16.2. The average molecular weight is 262 g/mol. The molecule has 0 unspecified atom stereocenters. The van der Waals surface area contributed by atoms with Crippen LogP contribution in [-0.2, 0) is 4.74 Å². The van der Waals surface area contributed by atoms with Gasteiger partial charge in [0.2, 0.25) is 0 Å². The average Bonchev–Trinajstić information content (AvgIpc) is 3.27. The first-order valence-electron chi connectivity index (χ1n) is 6.26. The molecule has 102 valence electrons. The number of carbonyl (C=O) groups excluding carboxylic acids is 1. The highest BCUT2D eigenvalue weighted by atomic mass is 16.5. The maximum absolute atomic E-state index is 12.0. The van der Waals surface area contributed by atoms with Gasteiger partial charge in [0.05, 0.1) is 14.2 Å². The second kappa shape index (κ2) is 6.22. The Morgan fingerprint density at radius 3 is 2.53 bits per heavy atom. The third kappa shape index (κ3) is 3.98. The summed E-state index contributed by atoms with van der Waals surface area (Å²) < 4.78 is 10.1. The van der Waals surface area contributed by atoms with E-state index in [1.165, 1.54) is 20.0 Å². The van der Waals surface area contributed by atoms with Crippen molar-refractivity contribution in [3.8, 4) is 5.75 Å². The van der Waals surface area contributed by atoms with Crippen LogP contribution in [-0.4, -0.2) is 32.7 Å². The lowest BCUT2D eigenvalue weighted by Gasteiger charge is -2.07. The molecule has 0 bridgehead atoms. The summed E-state index contributed by atoms with van der Waals surface area (Å²) in [6.07, 6.45) is 2.43. The highest BCUT2D eigenvalue weighted by Crippen LogP contribution is 2.28. The van der Waals surface area contributed by atoms with E-state index in [2.05, 4.69) is 10.3 Å². The van der Waals surface area contributed by atoms with Crippen molar-refractivity contribution in [3.05, 3.63) is 29.8 Å². The maximum Gasteiger partial charge on any atom is 0.291 e. The molecule has 1 amide bonds. The fraction of sp³-hybridized carbons (Fsp3) is 0.429. The van der Waals surface area contributed by atoms with Gasteiger partial charge in [0.25, 0.3) is 11.9 Å². The van der Waals surface area contributed by atoms with Crippen LogP contribution in [0.1, 0.15) is 23.2 Å². The van der Waals surface area contributed by atoms with Crippen molar-refractivity contribution >= 4 is 11.9 Å². The Labute approximate surface area is 112 Å². The number of carbonyl (C=O) groups is 1. The zero-order valence-corrected chi connectivity index (χ0v) is 11.2. The van der Waals surface area contributed by atoms with E-state index < -0.39 is 0 Å². The molecule has 0 heterocycles. The topological polar surface area (TPSA) is 59.9 Å². The Kier molecular flexibility index (Phi) is 4.39. The van der Waals surface area contributed by atoms with Crippen LogP contribution in [0.5, 0.6) is 5.75 Å². The Bertz CT molecular complexity index is 464. The quantitative estimate of drug-likeness (QED) is 0.665. The number of aliphatic imine (C=N–C) groups is 1. The molecular formula is C14H18N2O3. The Balaban J connectivity index is 1.95. The van der Waals surface area contributed by atoms with E-state index >= 15 is 0 Å². The van der Waals surface area contributed by atoms with Crippen LogP contribution in [0.3, 0.4) is 0 Å². The van der Waals surface area contributed by atoms with Crippen LogP contribution >= 0.6 is 0 Å². The van der Waals surface area contributed by atoms with Gasteiger partial charge in [-0.05, 0) is 43.0 Å². The lowest BCUT2D eigenvalue weighted by molar-refractivity contribution is 0.0968. The Hall–Kier alpha value is -2.04. The predicted molar refractivity (Wildman–Crippen MR) is 72.5 cm³/mol. The Morgan fingerprint density at radius 1 is 1.32 bits per heavy atom. The summed E-state index contributed by atoms with van der Waals surface area (Å²) in [5, 5.41) is 2.65. The number of amidine groups is 1. The van der Waals surface area contributed by atoms with Crippen molar-refractivity contribution in [1.82, 2.24) is 5.32 Å². The molecule has 1 aliphatic rings. The van der Waals surface area contributed by atoms with E-state index in [-0.39, 0.29) is 11.9 Å². The van der Waals surface area contributed by atoms with Gasteiger partial charge in [0.1, 0.15) is 5.75 Å². The lowest BCUT2D eigenvalue weighted by Crippen LogP contribution is -2.32. The number of ether oxygens (including phenoxy) is 2. The van der Waals surface area contributed by atoms with Crippen LogP contribution in [0.25, 0.3) is 0 Å². The first kappa shape index (κ1) is 13.4. The number of nitrogens with one attached hydrogen (secondary N) is 1. The van der Waals surface area contributed by atoms with Crippen LogP contribution in [0, 0.1) is 5.92 Å². The normalized spacial score (nSPS) is 14.9. The molecule has 5 heteroatoms. The minimum Gasteiger partial charge on any atom is -0.497 e. The van der Waals surface area contributed by atoms with Gasteiger partial charge in [-0.15, -0.1) is 0 Å². The number of methoxy groups -OCH3 is 2. The Morgan fingerprint density at radius 2 is 2.00 bits per heavy atom. The first-order chi connectivity index (χ1) is 9.22. The summed E-state index contributed by atoms with van der Waals surface area (Å²) in [6, 6.07) is 7.14. The van der Waals surface area contributed by atoms with Crippen molar-refractivity contribution in [1.29, 1.82) is 0 Å². The summed E-state index contributed by atoms with van der Waals surface area (Å²) in [7, 11) is 3.09. The van der Waals surface area contributed by atoms with E-state index in [4.69, 9.17) is 9.47 Å². The standard InChI is InChI=1S/C14H18N2O3/c1-18-12-7-5-11(6-8-12)13(17)16-14(19-2)15-9-10-3-4-10/h5-8,10H,3-4,9H2,1-2H3,(H,15,16,17). The van der Waals surface area contributed by atoms with Crippen LogP contribution in [0.4, 0.5) is 0 Å². The summed E-state index contributed by atoms with van der Waals surface area (Å²) >= 11 is 0. The van der Waals surface area contributed by atoms with Crippen molar-refractivity contribution in [3.63, 3.8) is 0 Å². The fourth-order valence-electron chi connectivity index (χ4n) is 1.58. The number of nitrogens with zero attached hydrogens (tertiary/aromatic N) is 1. The highest BCUT2D eigenvalue weighted by molar-refractivity contribution is 6.04. The molecule has 1 aromatic rings. The fourth-order valence-corrected chi connectivity index (χ4v) is 1.58. The summed E-state index contributed by atoms with van der Waals surface area (Å²) in [5.74, 6) is 1.13. The van der Waals surface area contributed by atoms with Gasteiger partial charge in [-0.3, -0.25) is 10.1 Å². The summed E-state index contributed by atoms with van der Waals surface area (Å²) in [5.41, 5.74) is 0.539. The minimum atomic E-state index is -0.237. The molecule has 1 aromatic carbocycles. The van der Waals surface area contributed by atoms with E-state index in [0.29, 0.717) is 23.8 Å². The van der Waals surface area contributed by atoms with E-state index in [9.17, 15) is 4.79 Å². The van der Waals surface area contributed by atoms with E-state index in [0.717, 1.165) is 0 Å². The van der Waals surface area contributed by atoms with Crippen molar-refractivity contribution in [2.75, 3.05) is 20.8 Å². The SMILES string of the molecule is COC(=NCC1CC1)NC(=O)c1ccc(OC)cc1. The number of amides is 1. The van der Waals surface area contributed by atoms with E-state index in [1.54, 1.807) is 31.4 Å².